The smallest absolute Gasteiger partial charge is 0.254 e. The van der Waals surface area contributed by atoms with E-state index in [2.05, 4.69) is 4.98 Å². The predicted molar refractivity (Wildman–Crippen MR) is 143 cm³/mol. The van der Waals surface area contributed by atoms with Crippen molar-refractivity contribution in [3.8, 4) is 22.8 Å². The highest BCUT2D eigenvalue weighted by atomic mass is 16.7. The van der Waals surface area contributed by atoms with Crippen molar-refractivity contribution < 1.29 is 18.7 Å². The summed E-state index contributed by atoms with van der Waals surface area (Å²) in [5.74, 6) is 1.16. The lowest BCUT2D eigenvalue weighted by Gasteiger charge is -2.36. The Kier molecular flexibility index (Phi) is 5.90. The first-order chi connectivity index (χ1) is 18.2. The van der Waals surface area contributed by atoms with Gasteiger partial charge in [0.2, 0.25) is 0 Å². The van der Waals surface area contributed by atoms with Crippen molar-refractivity contribution in [1.29, 1.82) is 0 Å². The largest absolute Gasteiger partial charge is 0.464 e. The minimum Gasteiger partial charge on any atom is -0.464 e. The average Bonchev–Trinajstić information content (AvgIpc) is 3.52. The summed E-state index contributed by atoms with van der Waals surface area (Å²) in [6.45, 7) is 8.45. The number of aromatic nitrogens is 1. The number of furan rings is 1. The highest BCUT2D eigenvalue weighted by Crippen LogP contribution is 2.55. The van der Waals surface area contributed by atoms with Crippen LogP contribution in [0.4, 0.5) is 0 Å². The van der Waals surface area contributed by atoms with Gasteiger partial charge in [-0.15, -0.1) is 0 Å². The van der Waals surface area contributed by atoms with Crippen LogP contribution in [0.5, 0.6) is 11.5 Å². The van der Waals surface area contributed by atoms with Crippen LogP contribution in [0.2, 0.25) is 0 Å². The first-order valence-corrected chi connectivity index (χ1v) is 13.5. The lowest BCUT2D eigenvalue weighted by atomic mass is 9.81. The molecule has 1 aromatic carbocycles. The van der Waals surface area contributed by atoms with E-state index in [1.807, 2.05) is 45.9 Å². The topological polar surface area (TPSA) is 111 Å². The molecule has 2 aromatic heterocycles. The first kappa shape index (κ1) is 24.8. The van der Waals surface area contributed by atoms with Crippen LogP contribution in [-0.4, -0.2) is 34.2 Å². The van der Waals surface area contributed by atoms with Gasteiger partial charge in [-0.05, 0) is 82.2 Å². The van der Waals surface area contributed by atoms with E-state index < -0.39 is 5.79 Å². The van der Waals surface area contributed by atoms with Gasteiger partial charge in [0, 0.05) is 42.2 Å². The van der Waals surface area contributed by atoms with Crippen molar-refractivity contribution in [2.45, 2.75) is 78.2 Å². The fourth-order valence-electron chi connectivity index (χ4n) is 6.49. The van der Waals surface area contributed by atoms with Crippen LogP contribution in [0.3, 0.4) is 0 Å². The summed E-state index contributed by atoms with van der Waals surface area (Å²) in [4.78, 5) is 31.4. The third kappa shape index (κ3) is 3.93. The summed E-state index contributed by atoms with van der Waals surface area (Å²) >= 11 is 0. The number of aryl methyl sites for hydroxylation is 2. The van der Waals surface area contributed by atoms with Crippen molar-refractivity contribution in [2.75, 3.05) is 6.54 Å². The van der Waals surface area contributed by atoms with Gasteiger partial charge in [0.05, 0.1) is 23.9 Å². The SMILES string of the molecule is Cc1cc(C)c(CN2CCc3c(c(C)c4c(c3-c3ccco3)OC(C)([C@H]3CC[C@H](N)CC3)O4)C2=O)c(=O)[nH]1. The molecule has 8 heteroatoms. The summed E-state index contributed by atoms with van der Waals surface area (Å²) in [5.41, 5.74) is 11.4. The number of carbonyl (C=O) groups is 1. The van der Waals surface area contributed by atoms with E-state index in [0.717, 1.165) is 53.6 Å². The molecular formula is C30H35N3O5. The Balaban J connectivity index is 1.42. The molecule has 6 rings (SSSR count). The van der Waals surface area contributed by atoms with Crippen LogP contribution in [0.25, 0.3) is 11.3 Å². The molecule has 0 spiro atoms. The quantitative estimate of drug-likeness (QED) is 0.516. The van der Waals surface area contributed by atoms with Gasteiger partial charge in [-0.25, -0.2) is 0 Å². The molecule has 3 N–H and O–H groups in total. The van der Waals surface area contributed by atoms with Crippen molar-refractivity contribution >= 4 is 5.91 Å². The maximum Gasteiger partial charge on any atom is 0.254 e. The van der Waals surface area contributed by atoms with E-state index in [1.54, 1.807) is 11.2 Å². The number of nitrogens with one attached hydrogen (secondary N) is 1. The predicted octanol–water partition coefficient (Wildman–Crippen LogP) is 4.76. The number of amides is 1. The van der Waals surface area contributed by atoms with Gasteiger partial charge in [-0.3, -0.25) is 9.59 Å². The van der Waals surface area contributed by atoms with E-state index >= 15 is 0 Å². The molecule has 1 fully saturated rings. The monoisotopic (exact) mass is 517 g/mol. The third-order valence-corrected chi connectivity index (χ3v) is 8.62. The van der Waals surface area contributed by atoms with Crippen molar-refractivity contribution in [3.05, 3.63) is 68.3 Å². The maximum absolute atomic E-state index is 14.0. The summed E-state index contributed by atoms with van der Waals surface area (Å²) in [6.07, 6.45) is 5.99. The van der Waals surface area contributed by atoms with Gasteiger partial charge in [0.15, 0.2) is 11.5 Å². The molecule has 2 aliphatic heterocycles. The average molecular weight is 518 g/mol. The lowest BCUT2D eigenvalue weighted by Crippen LogP contribution is -2.46. The fourth-order valence-corrected chi connectivity index (χ4v) is 6.49. The summed E-state index contributed by atoms with van der Waals surface area (Å²) < 4.78 is 19.2. The number of fused-ring (bicyclic) bond motifs is 2. The molecule has 4 heterocycles. The normalized spacial score (nSPS) is 24.6. The molecule has 1 amide bonds. The Morgan fingerprint density at radius 2 is 1.82 bits per heavy atom. The zero-order chi connectivity index (χ0) is 26.8. The van der Waals surface area contributed by atoms with Crippen LogP contribution in [-0.2, 0) is 13.0 Å². The molecule has 0 saturated heterocycles. The Morgan fingerprint density at radius 1 is 1.08 bits per heavy atom. The van der Waals surface area contributed by atoms with Gasteiger partial charge in [0.1, 0.15) is 5.76 Å². The summed E-state index contributed by atoms with van der Waals surface area (Å²) in [6, 6.07) is 5.90. The zero-order valence-electron chi connectivity index (χ0n) is 22.5. The number of hydrogen-bond donors (Lipinski definition) is 2. The molecule has 1 atom stereocenters. The van der Waals surface area contributed by atoms with Crippen LogP contribution in [0, 0.1) is 26.7 Å². The Hall–Kier alpha value is -3.52. The Labute approximate surface area is 222 Å². The van der Waals surface area contributed by atoms with E-state index in [0.29, 0.717) is 41.4 Å². The number of nitrogens with zero attached hydrogens (tertiary/aromatic N) is 1. The number of ether oxygens (including phenoxy) is 2. The van der Waals surface area contributed by atoms with Gasteiger partial charge < -0.3 is 29.5 Å². The standard InChI is InChI=1S/C30H35N3O5/c1-16-14-17(2)32-28(34)22(16)15-33-12-11-21-24(29(33)35)18(3)26-27(25(21)23-6-5-13-36-23)38-30(4,37-26)19-7-9-20(31)10-8-19/h5-6,13-14,19-20H,7-12,15,31H2,1-4H3,(H,32,34)/t19-,20-,30?. The molecule has 38 heavy (non-hydrogen) atoms. The number of aromatic amines is 1. The van der Waals surface area contributed by atoms with Crippen LogP contribution in [0.1, 0.15) is 70.9 Å². The number of pyridine rings is 1. The number of benzene rings is 1. The van der Waals surface area contributed by atoms with Gasteiger partial charge in [0.25, 0.3) is 17.3 Å². The minimum absolute atomic E-state index is 0.112. The molecule has 8 nitrogen and oxygen atoms in total. The highest BCUT2D eigenvalue weighted by molar-refractivity contribution is 6.02. The number of hydrogen-bond acceptors (Lipinski definition) is 6. The van der Waals surface area contributed by atoms with Gasteiger partial charge in [-0.2, -0.15) is 0 Å². The summed E-state index contributed by atoms with van der Waals surface area (Å²) in [7, 11) is 0. The summed E-state index contributed by atoms with van der Waals surface area (Å²) in [5, 5.41) is 0. The van der Waals surface area contributed by atoms with Crippen LogP contribution in [0.15, 0.2) is 33.7 Å². The highest BCUT2D eigenvalue weighted by Gasteiger charge is 2.49. The van der Waals surface area contributed by atoms with Crippen molar-refractivity contribution in [1.82, 2.24) is 9.88 Å². The Morgan fingerprint density at radius 3 is 2.50 bits per heavy atom. The Bertz CT molecular complexity index is 1470. The number of H-pyrrole nitrogens is 1. The number of rotatable bonds is 4. The second-order valence-corrected chi connectivity index (χ2v) is 11.2. The molecule has 0 radical (unpaired) electrons. The molecular weight excluding hydrogens is 482 g/mol. The van der Waals surface area contributed by atoms with E-state index in [-0.39, 0.29) is 30.0 Å². The van der Waals surface area contributed by atoms with Crippen LogP contribution >= 0.6 is 0 Å². The number of carbonyl (C=O) groups excluding carboxylic acids is 1. The second kappa shape index (κ2) is 9.05. The van der Waals surface area contributed by atoms with E-state index in [1.165, 1.54) is 0 Å². The van der Waals surface area contributed by atoms with E-state index in [9.17, 15) is 9.59 Å². The van der Waals surface area contributed by atoms with Crippen molar-refractivity contribution in [3.63, 3.8) is 0 Å². The molecule has 1 aliphatic carbocycles. The minimum atomic E-state index is -0.840. The maximum atomic E-state index is 14.0. The van der Waals surface area contributed by atoms with Crippen molar-refractivity contribution in [2.24, 2.45) is 11.7 Å². The second-order valence-electron chi connectivity index (χ2n) is 11.2. The molecule has 1 unspecified atom stereocenters. The lowest BCUT2D eigenvalue weighted by molar-refractivity contribution is -0.120. The molecule has 3 aromatic rings. The van der Waals surface area contributed by atoms with Crippen LogP contribution < -0.4 is 20.8 Å². The van der Waals surface area contributed by atoms with Gasteiger partial charge in [-0.1, -0.05) is 0 Å². The zero-order valence-corrected chi connectivity index (χ0v) is 22.5. The fraction of sp³-hybridized carbons (Fsp3) is 0.467. The number of nitrogens with two attached hydrogens (primary N) is 1. The van der Waals surface area contributed by atoms with E-state index in [4.69, 9.17) is 19.6 Å². The molecule has 1 saturated carbocycles. The molecule has 3 aliphatic rings. The molecule has 0 bridgehead atoms. The van der Waals surface area contributed by atoms with Gasteiger partial charge >= 0.3 is 0 Å². The third-order valence-electron chi connectivity index (χ3n) is 8.62. The molecule has 200 valence electrons. The first-order valence-electron chi connectivity index (χ1n) is 13.5.